The summed E-state index contributed by atoms with van der Waals surface area (Å²) in [6.45, 7) is 3.89. The Balaban J connectivity index is 2.24. The van der Waals surface area contributed by atoms with E-state index in [4.69, 9.17) is 17.0 Å². The second-order valence-electron chi connectivity index (χ2n) is 4.85. The van der Waals surface area contributed by atoms with Crippen molar-refractivity contribution in [1.29, 1.82) is 0 Å². The predicted molar refractivity (Wildman–Crippen MR) is 82.0 cm³/mol. The van der Waals surface area contributed by atoms with Crippen molar-refractivity contribution in [3.8, 4) is 5.75 Å². The van der Waals surface area contributed by atoms with E-state index in [0.717, 1.165) is 16.9 Å². The van der Waals surface area contributed by atoms with Crippen molar-refractivity contribution < 1.29 is 9.53 Å². The molecule has 1 aromatic heterocycles. The molecule has 1 aromatic carbocycles. The zero-order valence-electron chi connectivity index (χ0n) is 12.4. The summed E-state index contributed by atoms with van der Waals surface area (Å²) in [5.74, 6) is 0.697. The topological polar surface area (TPSA) is 71.9 Å². The quantitative estimate of drug-likeness (QED) is 0.850. The summed E-state index contributed by atoms with van der Waals surface area (Å²) in [5.41, 5.74) is 2.02. The summed E-state index contributed by atoms with van der Waals surface area (Å²) in [5, 5.41) is 9.42. The maximum atomic E-state index is 12.2. The number of aromatic nitrogens is 3. The second kappa shape index (κ2) is 6.09. The normalized spacial score (nSPS) is 12.0. The number of hydrogen-bond donors (Lipinski definition) is 2. The smallest absolute Gasteiger partial charge is 0.289 e. The van der Waals surface area contributed by atoms with Gasteiger partial charge >= 0.3 is 0 Å². The van der Waals surface area contributed by atoms with Crippen molar-refractivity contribution in [3.63, 3.8) is 0 Å². The molecule has 2 N–H and O–H groups in total. The van der Waals surface area contributed by atoms with Crippen LogP contribution in [0, 0.1) is 11.7 Å². The number of aryl methyl sites for hydroxylation is 1. The molecule has 2 aromatic rings. The molecule has 2 rings (SSSR count). The van der Waals surface area contributed by atoms with Gasteiger partial charge in [0.15, 0.2) is 4.77 Å². The second-order valence-corrected chi connectivity index (χ2v) is 5.24. The van der Waals surface area contributed by atoms with Crippen LogP contribution in [-0.2, 0) is 7.05 Å². The van der Waals surface area contributed by atoms with Crippen LogP contribution in [0.4, 0.5) is 0 Å². The molecule has 1 atom stereocenters. The van der Waals surface area contributed by atoms with Crippen LogP contribution >= 0.6 is 12.2 Å². The van der Waals surface area contributed by atoms with Gasteiger partial charge in [0, 0.05) is 12.6 Å². The van der Waals surface area contributed by atoms with E-state index in [-0.39, 0.29) is 17.8 Å². The predicted octanol–water partition coefficient (Wildman–Crippen LogP) is 2.29. The van der Waals surface area contributed by atoms with Gasteiger partial charge in [0.2, 0.25) is 5.82 Å². The minimum Gasteiger partial charge on any atom is -0.496 e. The van der Waals surface area contributed by atoms with Crippen molar-refractivity contribution in [1.82, 2.24) is 20.1 Å². The number of H-pyrrole nitrogens is 1. The zero-order chi connectivity index (χ0) is 15.6. The molecule has 0 aliphatic rings. The van der Waals surface area contributed by atoms with Crippen LogP contribution in [0.25, 0.3) is 0 Å². The first-order valence-corrected chi connectivity index (χ1v) is 6.91. The van der Waals surface area contributed by atoms with E-state index in [1.165, 1.54) is 4.57 Å². The lowest BCUT2D eigenvalue weighted by Crippen LogP contribution is -2.29. The average molecular weight is 306 g/mol. The molecule has 0 bridgehead atoms. The van der Waals surface area contributed by atoms with Gasteiger partial charge in [-0.2, -0.15) is 0 Å². The van der Waals surface area contributed by atoms with Crippen LogP contribution in [0.5, 0.6) is 5.75 Å². The Hall–Kier alpha value is -2.15. The molecule has 0 spiro atoms. The van der Waals surface area contributed by atoms with E-state index in [1.807, 2.05) is 32.0 Å². The highest BCUT2D eigenvalue weighted by Crippen LogP contribution is 2.26. The fourth-order valence-corrected chi connectivity index (χ4v) is 2.21. The van der Waals surface area contributed by atoms with Gasteiger partial charge < -0.3 is 10.1 Å². The van der Waals surface area contributed by atoms with Gasteiger partial charge in [-0.3, -0.25) is 14.5 Å². The summed E-state index contributed by atoms with van der Waals surface area (Å²) in [7, 11) is 3.30. The highest BCUT2D eigenvalue weighted by molar-refractivity contribution is 7.71. The molecule has 21 heavy (non-hydrogen) atoms. The van der Waals surface area contributed by atoms with E-state index in [2.05, 4.69) is 15.5 Å². The average Bonchev–Trinajstić information content (AvgIpc) is 2.79. The van der Waals surface area contributed by atoms with Gasteiger partial charge in [-0.15, -0.1) is 5.10 Å². The van der Waals surface area contributed by atoms with Gasteiger partial charge in [-0.25, -0.2) is 0 Å². The number of hydrogen-bond acceptors (Lipinski definition) is 4. The fourth-order valence-electron chi connectivity index (χ4n) is 2.08. The largest absolute Gasteiger partial charge is 0.496 e. The lowest BCUT2D eigenvalue weighted by atomic mass is 10.0. The number of carbonyl (C=O) groups is 1. The third-order valence-corrected chi connectivity index (χ3v) is 3.65. The molecule has 1 amide bonds. The molecule has 0 fully saturated rings. The maximum Gasteiger partial charge on any atom is 0.289 e. The van der Waals surface area contributed by atoms with Gasteiger partial charge in [0.25, 0.3) is 5.91 Å². The van der Waals surface area contributed by atoms with Gasteiger partial charge in [-0.05, 0) is 32.1 Å². The van der Waals surface area contributed by atoms with Crippen LogP contribution in [-0.4, -0.2) is 27.8 Å². The molecule has 0 saturated heterocycles. The molecule has 0 radical (unpaired) electrons. The van der Waals surface area contributed by atoms with Gasteiger partial charge in [-0.1, -0.05) is 17.7 Å². The zero-order valence-corrected chi connectivity index (χ0v) is 13.2. The summed E-state index contributed by atoms with van der Waals surface area (Å²) >= 11 is 5.00. The monoisotopic (exact) mass is 306 g/mol. The Morgan fingerprint density at radius 2 is 2.24 bits per heavy atom. The number of carbonyl (C=O) groups excluding carboxylic acids is 1. The number of nitrogens with one attached hydrogen (secondary N) is 2. The van der Waals surface area contributed by atoms with Gasteiger partial charge in [0.1, 0.15) is 5.75 Å². The highest BCUT2D eigenvalue weighted by atomic mass is 32.1. The Bertz CT molecular complexity index is 720. The minimum atomic E-state index is -0.291. The highest BCUT2D eigenvalue weighted by Gasteiger charge is 2.18. The molecule has 112 valence electrons. The van der Waals surface area contributed by atoms with Crippen LogP contribution in [0.1, 0.15) is 34.7 Å². The summed E-state index contributed by atoms with van der Waals surface area (Å²) in [6.07, 6.45) is 0. The van der Waals surface area contributed by atoms with E-state index >= 15 is 0 Å². The minimum absolute atomic E-state index is 0.211. The van der Waals surface area contributed by atoms with E-state index in [1.54, 1.807) is 14.2 Å². The first-order chi connectivity index (χ1) is 9.93. The van der Waals surface area contributed by atoms with E-state index < -0.39 is 0 Å². The first-order valence-electron chi connectivity index (χ1n) is 6.50. The number of aromatic amines is 1. The van der Waals surface area contributed by atoms with Crippen molar-refractivity contribution in [2.24, 2.45) is 7.05 Å². The molecule has 6 nitrogen and oxygen atoms in total. The van der Waals surface area contributed by atoms with Gasteiger partial charge in [0.05, 0.1) is 13.2 Å². The fraction of sp³-hybridized carbons (Fsp3) is 0.357. The van der Waals surface area contributed by atoms with E-state index in [9.17, 15) is 4.79 Å². The summed E-state index contributed by atoms with van der Waals surface area (Å²) in [4.78, 5) is 12.2. The third kappa shape index (κ3) is 3.13. The van der Waals surface area contributed by atoms with Crippen LogP contribution in [0.2, 0.25) is 0 Å². The molecule has 0 saturated carbocycles. The lowest BCUT2D eigenvalue weighted by molar-refractivity contribution is 0.0925. The number of rotatable bonds is 4. The molecule has 0 aliphatic heterocycles. The molecular formula is C14H18N4O2S. The molecule has 7 heteroatoms. The van der Waals surface area contributed by atoms with Crippen molar-refractivity contribution in [3.05, 3.63) is 39.9 Å². The SMILES string of the molecule is COc1ccc(C)cc1[C@@H](C)NC(=O)c1n[nH]c(=S)n1C. The van der Waals surface area contributed by atoms with E-state index in [0.29, 0.717) is 4.77 Å². The molecule has 1 heterocycles. The maximum absolute atomic E-state index is 12.2. The summed E-state index contributed by atoms with van der Waals surface area (Å²) < 4.78 is 7.28. The molecular weight excluding hydrogens is 288 g/mol. The van der Waals surface area contributed by atoms with Crippen LogP contribution in [0.3, 0.4) is 0 Å². The third-order valence-electron chi connectivity index (χ3n) is 3.28. The number of benzene rings is 1. The number of nitrogens with zero attached hydrogens (tertiary/aromatic N) is 2. The standard InChI is InChI=1S/C14H18N4O2S/c1-8-5-6-11(20-4)10(7-8)9(2)15-13(19)12-16-17-14(21)18(12)3/h5-7,9H,1-4H3,(H,15,19)(H,17,21)/t9-/m1/s1. The van der Waals surface area contributed by atoms with Crippen molar-refractivity contribution in [2.75, 3.05) is 7.11 Å². The number of amides is 1. The summed E-state index contributed by atoms with van der Waals surface area (Å²) in [6, 6.07) is 5.64. The number of methoxy groups -OCH3 is 1. The van der Waals surface area contributed by atoms with Crippen molar-refractivity contribution >= 4 is 18.1 Å². The number of ether oxygens (including phenoxy) is 1. The molecule has 0 aliphatic carbocycles. The van der Waals surface area contributed by atoms with Crippen LogP contribution in [0.15, 0.2) is 18.2 Å². The Morgan fingerprint density at radius 3 is 2.81 bits per heavy atom. The van der Waals surface area contributed by atoms with Crippen LogP contribution < -0.4 is 10.1 Å². The lowest BCUT2D eigenvalue weighted by Gasteiger charge is -2.17. The Morgan fingerprint density at radius 1 is 1.52 bits per heavy atom. The van der Waals surface area contributed by atoms with Crippen molar-refractivity contribution in [2.45, 2.75) is 19.9 Å². The molecule has 0 unspecified atom stereocenters. The first kappa shape index (κ1) is 15.2. The Labute approximate surface area is 128 Å². The Kier molecular flexibility index (Phi) is 4.42.